The molecule has 4 rings (SSSR count). The summed E-state index contributed by atoms with van der Waals surface area (Å²) < 4.78 is 0. The van der Waals surface area contributed by atoms with E-state index in [4.69, 9.17) is 17.2 Å². The number of rotatable bonds is 18. The van der Waals surface area contributed by atoms with Crippen molar-refractivity contribution in [3.63, 3.8) is 0 Å². The molecule has 0 aliphatic heterocycles. The second kappa shape index (κ2) is 17.2. The van der Waals surface area contributed by atoms with Gasteiger partial charge in [0.25, 0.3) is 0 Å². The average Bonchev–Trinajstić information content (AvgIpc) is 3.67. The Balaban J connectivity index is 1.51. The van der Waals surface area contributed by atoms with Crippen molar-refractivity contribution in [2.75, 3.05) is 18.6 Å². The highest BCUT2D eigenvalue weighted by atomic mass is 32.2. The van der Waals surface area contributed by atoms with Crippen LogP contribution in [0.1, 0.15) is 30.4 Å². The summed E-state index contributed by atoms with van der Waals surface area (Å²) in [5.74, 6) is -2.55. The van der Waals surface area contributed by atoms with E-state index in [2.05, 4.69) is 30.9 Å². The van der Waals surface area contributed by atoms with Gasteiger partial charge in [-0.3, -0.25) is 19.4 Å². The lowest BCUT2D eigenvalue weighted by atomic mass is 10.0. The van der Waals surface area contributed by atoms with Crippen molar-refractivity contribution in [2.45, 2.75) is 56.3 Å². The molecule has 48 heavy (non-hydrogen) atoms. The number of H-pyrrole nitrogens is 2. The van der Waals surface area contributed by atoms with Gasteiger partial charge >= 0.3 is 5.97 Å². The van der Waals surface area contributed by atoms with E-state index in [0.717, 1.165) is 32.9 Å². The second-order valence-electron chi connectivity index (χ2n) is 11.5. The van der Waals surface area contributed by atoms with Gasteiger partial charge < -0.3 is 48.2 Å². The number of benzene rings is 2. The number of para-hydroxylation sites is 2. The number of carbonyl (C=O) groups excluding carboxylic acids is 3. The van der Waals surface area contributed by atoms with Crippen LogP contribution in [0.2, 0.25) is 0 Å². The number of hydrogen-bond donors (Lipinski definition) is 9. The smallest absolute Gasteiger partial charge is 0.326 e. The Bertz CT molecular complexity index is 1750. The summed E-state index contributed by atoms with van der Waals surface area (Å²) >= 11 is 1.48. The van der Waals surface area contributed by atoms with Crippen molar-refractivity contribution in [3.8, 4) is 0 Å². The maximum absolute atomic E-state index is 13.9. The lowest BCUT2D eigenvalue weighted by Crippen LogP contribution is -2.58. The van der Waals surface area contributed by atoms with Crippen molar-refractivity contribution in [3.05, 3.63) is 72.1 Å². The number of nitrogens with zero attached hydrogens (tertiary/aromatic N) is 1. The van der Waals surface area contributed by atoms with Crippen molar-refractivity contribution in [2.24, 2.45) is 22.2 Å². The molecule has 0 aliphatic carbocycles. The molecule has 2 aromatic carbocycles. The summed E-state index contributed by atoms with van der Waals surface area (Å²) in [5.41, 5.74) is 20.1. The minimum absolute atomic E-state index is 0.0363. The van der Waals surface area contributed by atoms with Gasteiger partial charge in [0.15, 0.2) is 5.96 Å². The average molecular weight is 678 g/mol. The maximum Gasteiger partial charge on any atom is 0.326 e. The van der Waals surface area contributed by atoms with Crippen molar-refractivity contribution in [1.29, 1.82) is 0 Å². The summed E-state index contributed by atoms with van der Waals surface area (Å²) in [6.45, 7) is 0.298. The molecule has 3 amide bonds. The van der Waals surface area contributed by atoms with Crippen molar-refractivity contribution < 1.29 is 24.3 Å². The zero-order valence-electron chi connectivity index (χ0n) is 26.7. The molecule has 0 aliphatic rings. The molecule has 256 valence electrons. The van der Waals surface area contributed by atoms with E-state index < -0.39 is 47.9 Å². The highest BCUT2D eigenvalue weighted by Gasteiger charge is 2.31. The fourth-order valence-electron chi connectivity index (χ4n) is 5.43. The van der Waals surface area contributed by atoms with Gasteiger partial charge in [-0.25, -0.2) is 4.79 Å². The minimum Gasteiger partial charge on any atom is -0.480 e. The number of amides is 3. The van der Waals surface area contributed by atoms with Gasteiger partial charge in [0.05, 0.1) is 6.04 Å². The fourth-order valence-corrected chi connectivity index (χ4v) is 5.90. The lowest BCUT2D eigenvalue weighted by molar-refractivity contribution is -0.142. The number of aromatic nitrogens is 2. The number of hydrogen-bond acceptors (Lipinski definition) is 7. The van der Waals surface area contributed by atoms with Gasteiger partial charge in [-0.1, -0.05) is 36.4 Å². The third-order valence-corrected chi connectivity index (χ3v) is 8.64. The van der Waals surface area contributed by atoms with Gasteiger partial charge in [-0.2, -0.15) is 11.8 Å². The molecule has 0 fully saturated rings. The molecule has 14 nitrogen and oxygen atoms in total. The number of thioether (sulfide) groups is 1. The summed E-state index contributed by atoms with van der Waals surface area (Å²) in [5, 5.41) is 19.9. The van der Waals surface area contributed by atoms with Crippen molar-refractivity contribution in [1.82, 2.24) is 25.9 Å². The number of carboxylic acids is 1. The van der Waals surface area contributed by atoms with E-state index in [0.29, 0.717) is 18.7 Å². The van der Waals surface area contributed by atoms with Crippen LogP contribution in [-0.4, -0.2) is 87.4 Å². The SMILES string of the molecule is CSCCC(NC(=O)C(Cc1c[nH]c2ccccc12)NC(=O)C(N)CCCN=C(N)N)C(=O)NC(Cc1c[nH]c2ccccc12)C(=O)O. The molecule has 2 heterocycles. The Morgan fingerprint density at radius 1 is 0.792 bits per heavy atom. The van der Waals surface area contributed by atoms with E-state index >= 15 is 0 Å². The van der Waals surface area contributed by atoms with Crippen LogP contribution >= 0.6 is 11.8 Å². The molecule has 0 radical (unpaired) electrons. The van der Waals surface area contributed by atoms with E-state index in [1.807, 2.05) is 54.8 Å². The Morgan fingerprint density at radius 2 is 1.31 bits per heavy atom. The number of aromatic amines is 2. The van der Waals surface area contributed by atoms with Crippen LogP contribution in [0, 0.1) is 0 Å². The second-order valence-corrected chi connectivity index (χ2v) is 12.5. The van der Waals surface area contributed by atoms with Crippen molar-refractivity contribution >= 4 is 63.2 Å². The Morgan fingerprint density at radius 3 is 1.88 bits per heavy atom. The van der Waals surface area contributed by atoms with Gasteiger partial charge in [0, 0.05) is 53.6 Å². The predicted molar refractivity (Wildman–Crippen MR) is 188 cm³/mol. The summed E-state index contributed by atoms with van der Waals surface area (Å²) in [6, 6.07) is 10.7. The molecule has 0 spiro atoms. The van der Waals surface area contributed by atoms with Crippen LogP contribution in [0.15, 0.2) is 65.9 Å². The predicted octanol–water partition coefficient (Wildman–Crippen LogP) is 1.11. The Labute approximate surface area is 282 Å². The third-order valence-electron chi connectivity index (χ3n) is 7.99. The molecule has 15 heteroatoms. The number of carbonyl (C=O) groups is 4. The first kappa shape index (κ1) is 35.8. The number of nitrogens with one attached hydrogen (secondary N) is 5. The summed E-state index contributed by atoms with van der Waals surface area (Å²) in [6.07, 6.45) is 6.46. The molecule has 4 atom stereocenters. The summed E-state index contributed by atoms with van der Waals surface area (Å²) in [7, 11) is 0. The highest BCUT2D eigenvalue weighted by molar-refractivity contribution is 7.98. The first-order valence-electron chi connectivity index (χ1n) is 15.6. The largest absolute Gasteiger partial charge is 0.480 e. The normalized spacial score (nSPS) is 13.7. The lowest BCUT2D eigenvalue weighted by Gasteiger charge is -2.25. The van der Waals surface area contributed by atoms with Gasteiger partial charge in [0.1, 0.15) is 18.1 Å². The topological polar surface area (TPSA) is 247 Å². The Kier molecular flexibility index (Phi) is 12.9. The molecular formula is C33H43N9O5S. The van der Waals surface area contributed by atoms with Crippen LogP contribution in [-0.2, 0) is 32.0 Å². The van der Waals surface area contributed by atoms with Gasteiger partial charge in [-0.05, 0) is 54.5 Å². The number of aliphatic carboxylic acids is 1. The van der Waals surface area contributed by atoms with E-state index in [1.54, 1.807) is 12.4 Å². The number of carboxylic acid groups (broad SMARTS) is 1. The molecule has 0 saturated carbocycles. The van der Waals surface area contributed by atoms with Crippen LogP contribution in [0.5, 0.6) is 0 Å². The summed E-state index contributed by atoms with van der Waals surface area (Å²) in [4.78, 5) is 63.1. The molecule has 2 aromatic heterocycles. The third kappa shape index (κ3) is 9.75. The molecule has 4 aromatic rings. The monoisotopic (exact) mass is 677 g/mol. The van der Waals surface area contributed by atoms with Crippen LogP contribution in [0.4, 0.5) is 0 Å². The highest BCUT2D eigenvalue weighted by Crippen LogP contribution is 2.21. The quantitative estimate of drug-likeness (QED) is 0.0415. The number of fused-ring (bicyclic) bond motifs is 2. The van der Waals surface area contributed by atoms with Gasteiger partial charge in [0.2, 0.25) is 17.7 Å². The van der Waals surface area contributed by atoms with E-state index in [9.17, 15) is 24.3 Å². The standard InChI is InChI=1S/C33H43N9O5S/c1-48-14-12-26(30(44)42-28(32(46)47)16-20-18-39-25-11-5-3-8-22(20)25)40-31(45)27(15-19-17-38-24-10-4-2-7-21(19)24)41-29(43)23(34)9-6-13-37-33(35)36/h2-5,7-8,10-11,17-18,23,26-28,38-39H,6,9,12-16,34H2,1H3,(H,40,45)(H,41,43)(H,42,44)(H,46,47)(H4,35,36,37). The number of nitrogens with two attached hydrogens (primary N) is 3. The maximum atomic E-state index is 13.9. The zero-order chi connectivity index (χ0) is 34.6. The zero-order valence-corrected chi connectivity index (χ0v) is 27.5. The molecule has 0 bridgehead atoms. The van der Waals surface area contributed by atoms with Crippen LogP contribution < -0.4 is 33.2 Å². The van der Waals surface area contributed by atoms with E-state index in [1.165, 1.54) is 11.8 Å². The molecular weight excluding hydrogens is 634 g/mol. The van der Waals surface area contributed by atoms with Crippen LogP contribution in [0.3, 0.4) is 0 Å². The minimum atomic E-state index is -1.25. The first-order chi connectivity index (χ1) is 23.1. The number of guanidine groups is 1. The Hall–Kier alpha value is -5.02. The van der Waals surface area contributed by atoms with E-state index in [-0.39, 0.29) is 31.6 Å². The fraction of sp³-hybridized carbons (Fsp3) is 0.364. The molecule has 0 saturated heterocycles. The molecule has 4 unspecified atom stereocenters. The molecule has 12 N–H and O–H groups in total. The van der Waals surface area contributed by atoms with Gasteiger partial charge in [-0.15, -0.1) is 0 Å². The first-order valence-corrected chi connectivity index (χ1v) is 17.0. The number of aliphatic imine (C=N–C) groups is 1. The van der Waals surface area contributed by atoms with Crippen LogP contribution in [0.25, 0.3) is 21.8 Å².